The molecule has 0 saturated heterocycles. The van der Waals surface area contributed by atoms with Crippen molar-refractivity contribution in [3.8, 4) is 0 Å². The second-order valence-electron chi connectivity index (χ2n) is 6.50. The van der Waals surface area contributed by atoms with Crippen molar-refractivity contribution in [1.29, 1.82) is 0 Å². The van der Waals surface area contributed by atoms with Gasteiger partial charge in [-0.15, -0.1) is 0 Å². The molecule has 0 bridgehead atoms. The lowest BCUT2D eigenvalue weighted by Crippen LogP contribution is -2.32. The number of carbonyl (C=O) groups is 3. The van der Waals surface area contributed by atoms with Crippen LogP contribution in [0, 0.1) is 10.1 Å². The number of amides is 2. The van der Waals surface area contributed by atoms with Crippen LogP contribution in [0.1, 0.15) is 23.7 Å². The van der Waals surface area contributed by atoms with Crippen LogP contribution in [-0.2, 0) is 24.3 Å². The van der Waals surface area contributed by atoms with Crippen molar-refractivity contribution in [3.63, 3.8) is 0 Å². The minimum atomic E-state index is -3.86. The average Bonchev–Trinajstić information content (AvgIpc) is 2.73. The number of benzene rings is 2. The van der Waals surface area contributed by atoms with Gasteiger partial charge in [-0.2, -0.15) is 0 Å². The van der Waals surface area contributed by atoms with E-state index < -0.39 is 38.8 Å². The highest BCUT2D eigenvalue weighted by molar-refractivity contribution is 7.89. The molecule has 170 valence electrons. The van der Waals surface area contributed by atoms with Gasteiger partial charge in [0.15, 0.2) is 6.10 Å². The molecule has 0 radical (unpaired) electrons. The van der Waals surface area contributed by atoms with Gasteiger partial charge in [0, 0.05) is 29.9 Å². The zero-order valence-corrected chi connectivity index (χ0v) is 17.6. The predicted molar refractivity (Wildman–Crippen MR) is 112 cm³/mol. The van der Waals surface area contributed by atoms with Crippen LogP contribution in [-0.4, -0.2) is 43.8 Å². The minimum Gasteiger partial charge on any atom is -0.452 e. The molecule has 13 heteroatoms. The van der Waals surface area contributed by atoms with Crippen LogP contribution in [0.15, 0.2) is 53.4 Å². The lowest BCUT2D eigenvalue weighted by Gasteiger charge is -2.14. The topological polar surface area (TPSA) is 188 Å². The van der Waals surface area contributed by atoms with E-state index in [-0.39, 0.29) is 34.8 Å². The van der Waals surface area contributed by atoms with Crippen molar-refractivity contribution in [3.05, 3.63) is 64.2 Å². The van der Waals surface area contributed by atoms with Gasteiger partial charge < -0.3 is 15.4 Å². The molecule has 2 amide bonds. The summed E-state index contributed by atoms with van der Waals surface area (Å²) in [6, 6.07) is 10.0. The lowest BCUT2D eigenvalue weighted by atomic mass is 10.2. The van der Waals surface area contributed by atoms with Gasteiger partial charge >= 0.3 is 5.97 Å². The Kier molecular flexibility index (Phi) is 7.98. The Labute approximate surface area is 182 Å². The summed E-state index contributed by atoms with van der Waals surface area (Å²) in [6.07, 6.45) is -1.36. The van der Waals surface area contributed by atoms with E-state index in [2.05, 4.69) is 10.6 Å². The monoisotopic (exact) mass is 464 g/mol. The predicted octanol–water partition coefficient (Wildman–Crippen LogP) is 0.933. The molecule has 0 aliphatic rings. The van der Waals surface area contributed by atoms with E-state index in [0.717, 1.165) is 0 Å². The number of anilines is 1. The minimum absolute atomic E-state index is 0.0714. The average molecular weight is 464 g/mol. The van der Waals surface area contributed by atoms with Crippen molar-refractivity contribution < 1.29 is 32.5 Å². The number of ether oxygens (including phenoxy) is 1. The fourth-order valence-corrected chi connectivity index (χ4v) is 2.91. The van der Waals surface area contributed by atoms with Crippen LogP contribution in [0.2, 0.25) is 0 Å². The Hall–Kier alpha value is -3.84. The van der Waals surface area contributed by atoms with Crippen LogP contribution in [0.3, 0.4) is 0 Å². The maximum atomic E-state index is 12.1. The smallest absolute Gasteiger partial charge is 0.308 e. The lowest BCUT2D eigenvalue weighted by molar-refractivity contribution is -0.384. The van der Waals surface area contributed by atoms with Crippen LogP contribution in [0.25, 0.3) is 0 Å². The molecule has 2 aromatic rings. The molecule has 12 nitrogen and oxygen atoms in total. The molecular weight excluding hydrogens is 444 g/mol. The summed E-state index contributed by atoms with van der Waals surface area (Å²) >= 11 is 0. The van der Waals surface area contributed by atoms with Gasteiger partial charge in [0.2, 0.25) is 10.0 Å². The van der Waals surface area contributed by atoms with E-state index in [0.29, 0.717) is 0 Å². The van der Waals surface area contributed by atoms with Gasteiger partial charge in [0.25, 0.3) is 17.5 Å². The van der Waals surface area contributed by atoms with Crippen molar-refractivity contribution in [2.24, 2.45) is 5.14 Å². The number of sulfonamides is 1. The van der Waals surface area contributed by atoms with Crippen molar-refractivity contribution >= 4 is 39.2 Å². The zero-order valence-electron chi connectivity index (χ0n) is 16.8. The third-order valence-corrected chi connectivity index (χ3v) is 5.01. The normalized spacial score (nSPS) is 11.8. The fourth-order valence-electron chi connectivity index (χ4n) is 2.40. The molecule has 1 unspecified atom stereocenters. The van der Waals surface area contributed by atoms with Gasteiger partial charge in [-0.3, -0.25) is 24.5 Å². The first-order valence-electron chi connectivity index (χ1n) is 9.13. The van der Waals surface area contributed by atoms with Crippen LogP contribution < -0.4 is 15.8 Å². The summed E-state index contributed by atoms with van der Waals surface area (Å²) < 4.78 is 27.4. The number of primary sulfonamides is 1. The third kappa shape index (κ3) is 7.14. The first kappa shape index (κ1) is 24.4. The molecule has 0 aromatic heterocycles. The van der Waals surface area contributed by atoms with Crippen LogP contribution in [0.4, 0.5) is 11.4 Å². The number of rotatable bonds is 9. The molecule has 0 heterocycles. The van der Waals surface area contributed by atoms with E-state index in [1.165, 1.54) is 55.5 Å². The van der Waals surface area contributed by atoms with E-state index in [1.54, 1.807) is 0 Å². The van der Waals surface area contributed by atoms with Crippen molar-refractivity contribution in [1.82, 2.24) is 5.32 Å². The highest BCUT2D eigenvalue weighted by Crippen LogP contribution is 2.14. The molecule has 0 aliphatic heterocycles. The quantitative estimate of drug-likeness (QED) is 0.277. The maximum Gasteiger partial charge on any atom is 0.308 e. The standard InChI is InChI=1S/C19H20N4O8S/c1-12(18(25)22-14-4-8-16(9-5-14)32(20,29)30)31-17(24)10-11-21-19(26)13-2-6-15(7-3-13)23(27)28/h2-9,12H,10-11H2,1H3,(H,21,26)(H,22,25)(H2,20,29,30). The molecule has 0 spiro atoms. The molecule has 2 rings (SSSR count). The van der Waals surface area contributed by atoms with Gasteiger partial charge in [-0.25, -0.2) is 13.6 Å². The van der Waals surface area contributed by atoms with E-state index in [1.807, 2.05) is 0 Å². The number of nitrogens with two attached hydrogens (primary N) is 1. The summed E-state index contributed by atoms with van der Waals surface area (Å²) in [5.41, 5.74) is 0.309. The number of nitro groups is 1. The second kappa shape index (κ2) is 10.5. The maximum absolute atomic E-state index is 12.1. The molecule has 0 fully saturated rings. The Morgan fingerprint density at radius 1 is 1.09 bits per heavy atom. The number of esters is 1. The second-order valence-corrected chi connectivity index (χ2v) is 8.06. The molecule has 4 N–H and O–H groups in total. The molecule has 0 aliphatic carbocycles. The number of carbonyl (C=O) groups excluding carboxylic acids is 3. The number of hydrogen-bond acceptors (Lipinski definition) is 8. The SMILES string of the molecule is CC(OC(=O)CCNC(=O)c1ccc([N+](=O)[O-])cc1)C(=O)Nc1ccc(S(N)(=O)=O)cc1. The largest absolute Gasteiger partial charge is 0.452 e. The Balaban J connectivity index is 1.77. The number of non-ortho nitro benzene ring substituents is 1. The van der Waals surface area contributed by atoms with Gasteiger partial charge in [-0.05, 0) is 43.3 Å². The molecule has 0 saturated carbocycles. The summed E-state index contributed by atoms with van der Waals surface area (Å²) in [5.74, 6) is -1.90. The van der Waals surface area contributed by atoms with Gasteiger partial charge in [0.1, 0.15) is 0 Å². The van der Waals surface area contributed by atoms with E-state index in [9.17, 15) is 32.9 Å². The first-order valence-corrected chi connectivity index (χ1v) is 10.7. The number of nitrogens with one attached hydrogen (secondary N) is 2. The van der Waals surface area contributed by atoms with Crippen molar-refractivity contribution in [2.45, 2.75) is 24.3 Å². The van der Waals surface area contributed by atoms with Gasteiger partial charge in [0.05, 0.1) is 16.2 Å². The number of nitro benzene ring substituents is 1. The fraction of sp³-hybridized carbons (Fsp3) is 0.211. The summed E-state index contributed by atoms with van der Waals surface area (Å²) in [5, 5.41) is 20.5. The zero-order chi connectivity index (χ0) is 23.9. The highest BCUT2D eigenvalue weighted by atomic mass is 32.2. The highest BCUT2D eigenvalue weighted by Gasteiger charge is 2.18. The molecule has 2 aromatic carbocycles. The van der Waals surface area contributed by atoms with Crippen LogP contribution >= 0.6 is 0 Å². The summed E-state index contributed by atoms with van der Waals surface area (Å²) in [7, 11) is -3.86. The summed E-state index contributed by atoms with van der Waals surface area (Å²) in [4.78, 5) is 45.9. The number of hydrogen-bond donors (Lipinski definition) is 3. The Morgan fingerprint density at radius 3 is 2.22 bits per heavy atom. The Bertz CT molecular complexity index is 1120. The molecule has 1 atom stereocenters. The van der Waals surface area contributed by atoms with E-state index >= 15 is 0 Å². The molecular formula is C19H20N4O8S. The first-order chi connectivity index (χ1) is 15.0. The van der Waals surface area contributed by atoms with Gasteiger partial charge in [-0.1, -0.05) is 0 Å². The summed E-state index contributed by atoms with van der Waals surface area (Å²) in [6.45, 7) is 1.28. The third-order valence-electron chi connectivity index (χ3n) is 4.08. The molecule has 32 heavy (non-hydrogen) atoms. The van der Waals surface area contributed by atoms with Crippen LogP contribution in [0.5, 0.6) is 0 Å². The van der Waals surface area contributed by atoms with Crippen molar-refractivity contribution in [2.75, 3.05) is 11.9 Å². The Morgan fingerprint density at radius 2 is 1.69 bits per heavy atom. The van der Waals surface area contributed by atoms with E-state index in [4.69, 9.17) is 9.88 Å². The number of nitrogens with zero attached hydrogens (tertiary/aromatic N) is 1.